The van der Waals surface area contributed by atoms with Gasteiger partial charge in [-0.05, 0) is 56.4 Å². The Bertz CT molecular complexity index is 1410. The molecule has 3 heterocycles. The Kier molecular flexibility index (Phi) is 8.14. The first-order chi connectivity index (χ1) is 19.5. The van der Waals surface area contributed by atoms with Crippen molar-refractivity contribution in [3.8, 4) is 11.1 Å². The van der Waals surface area contributed by atoms with Crippen molar-refractivity contribution in [3.63, 3.8) is 0 Å². The predicted octanol–water partition coefficient (Wildman–Crippen LogP) is 5.27. The maximum atomic E-state index is 15.6. The number of nitrogens with zero attached hydrogens (tertiary/aromatic N) is 4. The van der Waals surface area contributed by atoms with Crippen molar-refractivity contribution in [2.75, 3.05) is 68.1 Å². The van der Waals surface area contributed by atoms with E-state index in [0.29, 0.717) is 63.0 Å². The molecule has 2 saturated heterocycles. The van der Waals surface area contributed by atoms with E-state index < -0.39 is 34.8 Å². The summed E-state index contributed by atoms with van der Waals surface area (Å²) in [5.41, 5.74) is -1.09. The molecule has 41 heavy (non-hydrogen) atoms. The number of pyridine rings is 1. The van der Waals surface area contributed by atoms with Crippen LogP contribution in [-0.2, 0) is 10.9 Å². The molecule has 218 valence electrons. The number of alkyl halides is 3. The maximum absolute atomic E-state index is 15.6. The molecule has 1 aromatic heterocycles. The Morgan fingerprint density at radius 1 is 1.00 bits per heavy atom. The molecular formula is C29H30F5N5O2. The van der Waals surface area contributed by atoms with E-state index in [2.05, 4.69) is 15.2 Å². The zero-order chi connectivity index (χ0) is 29.3. The number of nitrogens with one attached hydrogen (secondary N) is 1. The number of amides is 1. The van der Waals surface area contributed by atoms with Gasteiger partial charge in [-0.3, -0.25) is 4.79 Å². The predicted molar refractivity (Wildman–Crippen MR) is 146 cm³/mol. The molecule has 0 aliphatic carbocycles. The summed E-state index contributed by atoms with van der Waals surface area (Å²) in [6.07, 6.45) is -3.43. The molecule has 0 spiro atoms. The van der Waals surface area contributed by atoms with Gasteiger partial charge >= 0.3 is 6.18 Å². The number of carbonyl (C=O) groups excluding carboxylic acids is 1. The molecule has 0 saturated carbocycles. The highest BCUT2D eigenvalue weighted by atomic mass is 19.4. The Labute approximate surface area is 234 Å². The number of morpholine rings is 1. The second-order valence-corrected chi connectivity index (χ2v) is 10.3. The average Bonchev–Trinajstić information content (AvgIpc) is 2.95. The van der Waals surface area contributed by atoms with E-state index in [9.17, 15) is 22.4 Å². The number of rotatable bonds is 5. The third-order valence-corrected chi connectivity index (χ3v) is 7.56. The van der Waals surface area contributed by atoms with Crippen molar-refractivity contribution in [2.24, 2.45) is 0 Å². The molecule has 0 unspecified atom stereocenters. The van der Waals surface area contributed by atoms with Crippen LogP contribution >= 0.6 is 0 Å². The Morgan fingerprint density at radius 2 is 1.76 bits per heavy atom. The lowest BCUT2D eigenvalue weighted by molar-refractivity contribution is -0.138. The fourth-order valence-corrected chi connectivity index (χ4v) is 5.08. The average molecular weight is 576 g/mol. The lowest BCUT2D eigenvalue weighted by Gasteiger charge is -2.39. The number of carbonyl (C=O) groups is 1. The van der Waals surface area contributed by atoms with Crippen LogP contribution in [0.25, 0.3) is 11.1 Å². The van der Waals surface area contributed by atoms with Gasteiger partial charge < -0.3 is 24.8 Å². The number of ether oxygens (including phenoxy) is 1. The first-order valence-electron chi connectivity index (χ1n) is 13.3. The topological polar surface area (TPSA) is 60.9 Å². The Hall–Kier alpha value is -3.77. The van der Waals surface area contributed by atoms with Crippen molar-refractivity contribution in [1.29, 1.82) is 0 Å². The molecule has 1 atom stereocenters. The van der Waals surface area contributed by atoms with E-state index in [0.717, 1.165) is 12.1 Å². The summed E-state index contributed by atoms with van der Waals surface area (Å²) >= 11 is 0. The number of anilines is 3. The number of hydrogen-bond acceptors (Lipinski definition) is 6. The number of aromatic nitrogens is 1. The molecule has 2 aliphatic rings. The summed E-state index contributed by atoms with van der Waals surface area (Å²) in [7, 11) is 1.97. The van der Waals surface area contributed by atoms with E-state index in [-0.39, 0.29) is 23.4 Å². The summed E-state index contributed by atoms with van der Waals surface area (Å²) in [6, 6.07) is 8.16. The highest BCUT2D eigenvalue weighted by molar-refractivity contribution is 6.07. The van der Waals surface area contributed by atoms with Crippen molar-refractivity contribution in [2.45, 2.75) is 19.1 Å². The van der Waals surface area contributed by atoms with Crippen LogP contribution in [0.2, 0.25) is 0 Å². The third-order valence-electron chi connectivity index (χ3n) is 7.56. The van der Waals surface area contributed by atoms with Gasteiger partial charge in [0.1, 0.15) is 17.5 Å². The van der Waals surface area contributed by atoms with Gasteiger partial charge in [-0.2, -0.15) is 13.2 Å². The number of piperazine rings is 1. The summed E-state index contributed by atoms with van der Waals surface area (Å²) in [4.78, 5) is 23.8. The quantitative estimate of drug-likeness (QED) is 0.418. The summed E-state index contributed by atoms with van der Waals surface area (Å²) < 4.78 is 75.6. The number of likely N-dealkylation sites (N-methyl/N-ethyl adjacent to an activating group) is 1. The molecule has 1 N–H and O–H groups in total. The van der Waals surface area contributed by atoms with Crippen molar-refractivity contribution in [1.82, 2.24) is 9.88 Å². The molecular weight excluding hydrogens is 545 g/mol. The molecule has 2 aliphatic heterocycles. The van der Waals surface area contributed by atoms with Crippen LogP contribution in [0.5, 0.6) is 0 Å². The number of benzene rings is 2. The first-order valence-corrected chi connectivity index (χ1v) is 13.3. The standard InChI is InChI=1S/C29H30F5N5O2/c1-18-17-39(8-7-37(18)2)26-15-24(31)22(19-3-6-27(35-16-19)38-9-11-41-12-10-38)14-25(26)36-28(40)21-5-4-20(30)13-23(21)29(32,33)34/h3-6,13-16,18H,7-12,17H2,1-2H3,(H,36,40)/t18-/m0/s1. The number of halogens is 5. The maximum Gasteiger partial charge on any atom is 0.417 e. The zero-order valence-electron chi connectivity index (χ0n) is 22.6. The molecule has 2 aromatic carbocycles. The second kappa shape index (κ2) is 11.6. The largest absolute Gasteiger partial charge is 0.417 e. The minimum Gasteiger partial charge on any atom is -0.378 e. The van der Waals surface area contributed by atoms with Crippen LogP contribution in [0.1, 0.15) is 22.8 Å². The summed E-state index contributed by atoms with van der Waals surface area (Å²) in [5.74, 6) is -2.05. The fourth-order valence-electron chi connectivity index (χ4n) is 5.08. The summed E-state index contributed by atoms with van der Waals surface area (Å²) in [6.45, 7) is 6.22. The van der Waals surface area contributed by atoms with E-state index in [4.69, 9.17) is 4.74 Å². The summed E-state index contributed by atoms with van der Waals surface area (Å²) in [5, 5.41) is 2.56. The van der Waals surface area contributed by atoms with Crippen LogP contribution in [0, 0.1) is 11.6 Å². The van der Waals surface area contributed by atoms with Gasteiger partial charge in [0, 0.05) is 56.1 Å². The highest BCUT2D eigenvalue weighted by Gasteiger charge is 2.36. The second-order valence-electron chi connectivity index (χ2n) is 10.3. The van der Waals surface area contributed by atoms with Crippen LogP contribution in [0.4, 0.5) is 39.1 Å². The van der Waals surface area contributed by atoms with Crippen LogP contribution in [-0.4, -0.2) is 74.8 Å². The van der Waals surface area contributed by atoms with Crippen LogP contribution in [0.3, 0.4) is 0 Å². The van der Waals surface area contributed by atoms with Gasteiger partial charge in [0.05, 0.1) is 35.7 Å². The van der Waals surface area contributed by atoms with Crippen molar-refractivity contribution in [3.05, 3.63) is 71.4 Å². The van der Waals surface area contributed by atoms with Gasteiger partial charge in [0.15, 0.2) is 0 Å². The SMILES string of the molecule is C[C@H]1CN(c2cc(F)c(-c3ccc(N4CCOCC4)nc3)cc2NC(=O)c2ccc(F)cc2C(F)(F)F)CCN1C. The molecule has 3 aromatic rings. The number of hydrogen-bond donors (Lipinski definition) is 1. The molecule has 1 amide bonds. The van der Waals surface area contributed by atoms with E-state index in [1.807, 2.05) is 23.8 Å². The van der Waals surface area contributed by atoms with Crippen molar-refractivity contribution < 1.29 is 31.5 Å². The highest BCUT2D eigenvalue weighted by Crippen LogP contribution is 2.37. The van der Waals surface area contributed by atoms with E-state index in [1.54, 1.807) is 12.1 Å². The van der Waals surface area contributed by atoms with Gasteiger partial charge in [0.25, 0.3) is 5.91 Å². The van der Waals surface area contributed by atoms with Gasteiger partial charge in [0.2, 0.25) is 0 Å². The van der Waals surface area contributed by atoms with E-state index >= 15 is 4.39 Å². The Morgan fingerprint density at radius 3 is 2.41 bits per heavy atom. The fraction of sp³-hybridized carbons (Fsp3) is 0.379. The molecule has 0 bridgehead atoms. The molecule has 7 nitrogen and oxygen atoms in total. The van der Waals surface area contributed by atoms with Crippen LogP contribution < -0.4 is 15.1 Å². The van der Waals surface area contributed by atoms with Gasteiger partial charge in [-0.25, -0.2) is 13.8 Å². The minimum absolute atomic E-state index is 0.112. The first kappa shape index (κ1) is 28.7. The van der Waals surface area contributed by atoms with Gasteiger partial charge in [-0.1, -0.05) is 0 Å². The lowest BCUT2D eigenvalue weighted by atomic mass is 10.0. The smallest absolute Gasteiger partial charge is 0.378 e. The minimum atomic E-state index is -4.95. The lowest BCUT2D eigenvalue weighted by Crippen LogP contribution is -2.50. The third kappa shape index (κ3) is 6.28. The monoisotopic (exact) mass is 575 g/mol. The Balaban J connectivity index is 1.52. The normalized spacial score (nSPS) is 18.5. The van der Waals surface area contributed by atoms with Gasteiger partial charge in [-0.15, -0.1) is 0 Å². The van der Waals surface area contributed by atoms with Crippen LogP contribution in [0.15, 0.2) is 48.7 Å². The molecule has 5 rings (SSSR count). The van der Waals surface area contributed by atoms with E-state index in [1.165, 1.54) is 18.3 Å². The molecule has 12 heteroatoms. The molecule has 2 fully saturated rings. The molecule has 0 radical (unpaired) electrons. The van der Waals surface area contributed by atoms with Crippen molar-refractivity contribution >= 4 is 23.1 Å². The zero-order valence-corrected chi connectivity index (χ0v) is 22.6.